The molecule has 1 aliphatic rings. The van der Waals surface area contributed by atoms with Gasteiger partial charge in [0.15, 0.2) is 0 Å². The van der Waals surface area contributed by atoms with Crippen molar-refractivity contribution in [3.8, 4) is 0 Å². The van der Waals surface area contributed by atoms with Crippen LogP contribution in [0.2, 0.25) is 6.04 Å². The van der Waals surface area contributed by atoms with Crippen molar-refractivity contribution in [2.45, 2.75) is 12.5 Å². The highest BCUT2D eigenvalue weighted by molar-refractivity contribution is 6.97. The molecule has 1 saturated heterocycles. The van der Waals surface area contributed by atoms with Gasteiger partial charge in [0, 0.05) is 17.1 Å². The van der Waals surface area contributed by atoms with Crippen LogP contribution in [0.1, 0.15) is 7.85 Å². The fourth-order valence-corrected chi connectivity index (χ4v) is 4.96. The summed E-state index contributed by atoms with van der Waals surface area (Å²) in [5.41, 5.74) is 0. The molecular weight excluding hydrogens is 108 g/mol. The van der Waals surface area contributed by atoms with E-state index in [2.05, 4.69) is 0 Å². The highest BCUT2D eigenvalue weighted by Gasteiger charge is 1.96. The molecule has 0 radical (unpaired) electrons. The summed E-state index contributed by atoms with van der Waals surface area (Å²) in [4.78, 5) is 0. The van der Waals surface area contributed by atoms with E-state index in [0.717, 1.165) is 6.61 Å². The molecular formula is C3H12OSi2. The molecule has 0 N–H and O–H groups in total. The van der Waals surface area contributed by atoms with Crippen LogP contribution in [-0.4, -0.2) is 24.9 Å². The van der Waals surface area contributed by atoms with Crippen molar-refractivity contribution >= 4 is 18.3 Å². The Morgan fingerprint density at radius 1 is 1.67 bits per heavy atom. The lowest BCUT2D eigenvalue weighted by Crippen LogP contribution is -2.15. The van der Waals surface area contributed by atoms with Crippen molar-refractivity contribution < 1.29 is 5.85 Å². The topological polar surface area (TPSA) is 9.23 Å². The summed E-state index contributed by atoms with van der Waals surface area (Å²) in [6.07, 6.45) is 1.37. The first-order valence-electron chi connectivity index (χ1n) is 2.58. The molecule has 0 aromatic heterocycles. The second-order valence-electron chi connectivity index (χ2n) is 1.67. The van der Waals surface area contributed by atoms with Crippen LogP contribution in [0.15, 0.2) is 0 Å². The first kappa shape index (κ1) is 4.55. The molecule has 0 saturated carbocycles. The Hall–Kier alpha value is 0.394. The van der Waals surface area contributed by atoms with E-state index in [1.54, 1.807) is 6.04 Å². The molecule has 3 heteroatoms. The minimum absolute atomic E-state index is 0. The number of hydrogen-bond acceptors (Lipinski definition) is 1. The van der Waals surface area contributed by atoms with Crippen LogP contribution in [0.3, 0.4) is 0 Å². The minimum atomic E-state index is 0. The molecule has 0 amide bonds. The van der Waals surface area contributed by atoms with Crippen molar-refractivity contribution in [2.75, 3.05) is 6.61 Å². The molecule has 0 spiro atoms. The van der Waals surface area contributed by atoms with Crippen LogP contribution < -0.4 is 0 Å². The Bertz CT molecular complexity index is 28.4. The third kappa shape index (κ3) is 1.24. The highest BCUT2D eigenvalue weighted by Crippen LogP contribution is 1.93. The van der Waals surface area contributed by atoms with Gasteiger partial charge in [-0.25, -0.2) is 0 Å². The molecule has 6 heavy (non-hydrogen) atoms. The molecule has 0 unspecified atom stereocenters. The predicted octanol–water partition coefficient (Wildman–Crippen LogP) is -0.761. The molecule has 0 aromatic rings. The van der Waals surface area contributed by atoms with Crippen LogP contribution in [0.4, 0.5) is 0 Å². The van der Waals surface area contributed by atoms with Crippen LogP contribution in [0.5, 0.6) is 0 Å². The van der Waals surface area contributed by atoms with E-state index in [9.17, 15) is 0 Å². The Balaban J connectivity index is 0.000000360. The second kappa shape index (κ2) is 2.55. The predicted molar refractivity (Wildman–Crippen MR) is 34.6 cm³/mol. The lowest BCUT2D eigenvalue weighted by atomic mass is 10.5. The fraction of sp³-hybridized carbons (Fsp3) is 1.00. The largest absolute Gasteiger partial charge is 0.428 e. The summed E-state index contributed by atoms with van der Waals surface area (Å²) in [5.74, 6) is 0. The molecule has 0 aliphatic carbocycles. The summed E-state index contributed by atoms with van der Waals surface area (Å²) in [6.45, 7) is 1.10. The van der Waals surface area contributed by atoms with Gasteiger partial charge in [-0.2, -0.15) is 0 Å². The third-order valence-electron chi connectivity index (χ3n) is 1.08. The van der Waals surface area contributed by atoms with Crippen LogP contribution >= 0.6 is 0 Å². The van der Waals surface area contributed by atoms with E-state index in [1.807, 2.05) is 0 Å². The summed E-state index contributed by atoms with van der Waals surface area (Å²) in [6, 6.07) is 1.58. The monoisotopic (exact) mass is 120 g/mol. The molecule has 0 bridgehead atoms. The minimum Gasteiger partial charge on any atom is -0.428 e. The quantitative estimate of drug-likeness (QED) is 0.382. The Morgan fingerprint density at radius 3 is 2.83 bits per heavy atom. The second-order valence-corrected chi connectivity index (χ2v) is 7.25. The Kier molecular flexibility index (Phi) is 1.93. The molecule has 1 rings (SSSR count). The van der Waals surface area contributed by atoms with Crippen LogP contribution in [-0.2, 0) is 4.43 Å². The van der Waals surface area contributed by atoms with E-state index in [0.29, 0.717) is 9.04 Å². The summed E-state index contributed by atoms with van der Waals surface area (Å²) in [5, 5.41) is 0. The Morgan fingerprint density at radius 2 is 2.67 bits per heavy atom. The van der Waals surface area contributed by atoms with Gasteiger partial charge in [-0.3, -0.25) is 0 Å². The van der Waals surface area contributed by atoms with E-state index in [1.165, 1.54) is 6.42 Å². The third-order valence-corrected chi connectivity index (χ3v) is 6.18. The fourth-order valence-electron chi connectivity index (χ4n) is 0.687. The summed E-state index contributed by atoms with van der Waals surface area (Å²) >= 11 is 0. The van der Waals surface area contributed by atoms with Gasteiger partial charge >= 0.3 is 0 Å². The van der Waals surface area contributed by atoms with Gasteiger partial charge in [-0.05, 0) is 6.42 Å². The zero-order valence-corrected chi connectivity index (χ0v) is 6.77. The number of rotatable bonds is 0. The first-order chi connectivity index (χ1) is 3.00. The molecule has 38 valence electrons. The van der Waals surface area contributed by atoms with Gasteiger partial charge in [-0.1, -0.05) is 6.04 Å². The number of hydrogen-bond donors (Lipinski definition) is 0. The smallest absolute Gasteiger partial charge is 0.143 e. The highest BCUT2D eigenvalue weighted by atomic mass is 29.2. The lowest BCUT2D eigenvalue weighted by Gasteiger charge is -2.07. The maximum Gasteiger partial charge on any atom is 0.143 e. The molecule has 1 fully saturated rings. The zero-order chi connectivity index (χ0) is 4.24. The maximum atomic E-state index is 5.27. The van der Waals surface area contributed by atoms with Crippen molar-refractivity contribution in [3.05, 3.63) is 0 Å². The molecule has 1 aliphatic heterocycles. The van der Waals surface area contributed by atoms with Crippen molar-refractivity contribution in [1.29, 1.82) is 0 Å². The van der Waals surface area contributed by atoms with E-state index in [4.69, 9.17) is 4.43 Å². The van der Waals surface area contributed by atoms with Gasteiger partial charge in [0.2, 0.25) is 0 Å². The molecule has 1 nitrogen and oxygen atoms in total. The maximum absolute atomic E-state index is 5.27. The van der Waals surface area contributed by atoms with Crippen LogP contribution in [0, 0.1) is 0 Å². The first-order valence-corrected chi connectivity index (χ1v) is 8.15. The molecule has 1 heterocycles. The summed E-state index contributed by atoms with van der Waals surface area (Å²) in [7, 11) is 0.573. The van der Waals surface area contributed by atoms with E-state index < -0.39 is 0 Å². The zero-order valence-electron chi connectivity index (χ0n) is 3.94. The standard InChI is InChI=1S/C3H10OSi2.H2/c1-2-4-6-5-3-1;/h1-3,5-6H2;1H. The van der Waals surface area contributed by atoms with Gasteiger partial charge in [0.25, 0.3) is 0 Å². The average Bonchev–Trinajstić information content (AvgIpc) is 1.72. The van der Waals surface area contributed by atoms with Crippen molar-refractivity contribution in [1.82, 2.24) is 0 Å². The van der Waals surface area contributed by atoms with Gasteiger partial charge in [0.1, 0.15) is 9.28 Å². The average molecular weight is 120 g/mol. The van der Waals surface area contributed by atoms with Gasteiger partial charge in [-0.15, -0.1) is 0 Å². The van der Waals surface area contributed by atoms with Gasteiger partial charge in [0.05, 0.1) is 0 Å². The van der Waals surface area contributed by atoms with Crippen molar-refractivity contribution in [2.24, 2.45) is 0 Å². The Labute approximate surface area is 44.1 Å². The van der Waals surface area contributed by atoms with E-state index in [-0.39, 0.29) is 10.7 Å². The van der Waals surface area contributed by atoms with Crippen LogP contribution in [0.25, 0.3) is 0 Å². The SMILES string of the molecule is C1CO[SiH2][SiH2]C1.[HH]. The van der Waals surface area contributed by atoms with E-state index >= 15 is 0 Å². The van der Waals surface area contributed by atoms with Gasteiger partial charge < -0.3 is 4.43 Å². The lowest BCUT2D eigenvalue weighted by molar-refractivity contribution is 0.337. The molecule has 0 aromatic carbocycles. The molecule has 0 atom stereocenters. The normalized spacial score (nSPS) is 32.0. The van der Waals surface area contributed by atoms with Crippen molar-refractivity contribution in [3.63, 3.8) is 0 Å². The summed E-state index contributed by atoms with van der Waals surface area (Å²) < 4.78 is 5.27.